The summed E-state index contributed by atoms with van der Waals surface area (Å²) in [5.41, 5.74) is 1.51. The van der Waals surface area contributed by atoms with Crippen LogP contribution < -0.4 is 19.6 Å². The molecule has 0 spiro atoms. The first-order valence-electron chi connectivity index (χ1n) is 10.4. The molecule has 0 saturated heterocycles. The maximum atomic E-state index is 12.8. The molecule has 0 aliphatic rings. The molecule has 0 amide bonds. The summed E-state index contributed by atoms with van der Waals surface area (Å²) in [6.45, 7) is 6.32. The van der Waals surface area contributed by atoms with Crippen LogP contribution in [0.3, 0.4) is 0 Å². The summed E-state index contributed by atoms with van der Waals surface area (Å²) < 4.78 is 21.8. The number of rotatable bonds is 5. The Labute approximate surface area is 191 Å². The van der Waals surface area contributed by atoms with Crippen molar-refractivity contribution in [2.45, 2.75) is 26.2 Å². The minimum absolute atomic E-state index is 0.00569. The maximum Gasteiger partial charge on any atom is 0.343 e. The van der Waals surface area contributed by atoms with Gasteiger partial charge in [0.25, 0.3) is 0 Å². The molecular formula is C27H24O6. The van der Waals surface area contributed by atoms with Gasteiger partial charge in [0.15, 0.2) is 0 Å². The van der Waals surface area contributed by atoms with Gasteiger partial charge < -0.3 is 18.6 Å². The Morgan fingerprint density at radius 1 is 0.848 bits per heavy atom. The van der Waals surface area contributed by atoms with Gasteiger partial charge in [0.1, 0.15) is 29.1 Å². The van der Waals surface area contributed by atoms with Crippen LogP contribution in [0.25, 0.3) is 11.0 Å². The van der Waals surface area contributed by atoms with Gasteiger partial charge in [-0.3, -0.25) is 4.79 Å². The summed E-state index contributed by atoms with van der Waals surface area (Å²) in [6.07, 6.45) is 1.24. The van der Waals surface area contributed by atoms with E-state index in [1.807, 2.05) is 12.1 Å². The molecule has 0 unspecified atom stereocenters. The van der Waals surface area contributed by atoms with Gasteiger partial charge in [-0.1, -0.05) is 32.9 Å². The predicted molar refractivity (Wildman–Crippen MR) is 126 cm³/mol. The van der Waals surface area contributed by atoms with Crippen molar-refractivity contribution in [3.63, 3.8) is 0 Å². The summed E-state index contributed by atoms with van der Waals surface area (Å²) >= 11 is 0. The van der Waals surface area contributed by atoms with Crippen LogP contribution in [-0.4, -0.2) is 13.1 Å². The Bertz CT molecular complexity index is 1340. The van der Waals surface area contributed by atoms with Crippen molar-refractivity contribution in [2.75, 3.05) is 7.11 Å². The van der Waals surface area contributed by atoms with Gasteiger partial charge in [-0.25, -0.2) is 4.79 Å². The fourth-order valence-electron chi connectivity index (χ4n) is 3.27. The van der Waals surface area contributed by atoms with E-state index in [0.717, 1.165) is 5.56 Å². The molecule has 0 aliphatic carbocycles. The Morgan fingerprint density at radius 3 is 2.12 bits per heavy atom. The third-order valence-electron chi connectivity index (χ3n) is 5.20. The van der Waals surface area contributed by atoms with Gasteiger partial charge in [0.05, 0.1) is 18.1 Å². The number of hydrogen-bond donors (Lipinski definition) is 0. The van der Waals surface area contributed by atoms with Crippen LogP contribution in [0, 0.1) is 0 Å². The molecule has 0 radical (unpaired) electrons. The molecule has 4 aromatic rings. The zero-order valence-electron chi connectivity index (χ0n) is 18.9. The lowest BCUT2D eigenvalue weighted by molar-refractivity contribution is 0.0735. The van der Waals surface area contributed by atoms with E-state index < -0.39 is 5.97 Å². The topological polar surface area (TPSA) is 75.0 Å². The van der Waals surface area contributed by atoms with Crippen molar-refractivity contribution in [3.8, 4) is 23.0 Å². The van der Waals surface area contributed by atoms with Crippen LogP contribution in [0.2, 0.25) is 0 Å². The molecule has 0 aliphatic heterocycles. The molecule has 33 heavy (non-hydrogen) atoms. The summed E-state index contributed by atoms with van der Waals surface area (Å²) in [4.78, 5) is 25.3. The zero-order valence-corrected chi connectivity index (χ0v) is 18.9. The summed E-state index contributed by atoms with van der Waals surface area (Å²) in [7, 11) is 1.57. The number of esters is 1. The van der Waals surface area contributed by atoms with Crippen LogP contribution in [0.5, 0.6) is 23.0 Å². The van der Waals surface area contributed by atoms with E-state index in [4.69, 9.17) is 18.6 Å². The van der Waals surface area contributed by atoms with E-state index >= 15 is 0 Å². The van der Waals surface area contributed by atoms with E-state index in [2.05, 4.69) is 20.8 Å². The second kappa shape index (κ2) is 8.82. The van der Waals surface area contributed by atoms with Crippen molar-refractivity contribution in [3.05, 3.63) is 94.3 Å². The third kappa shape index (κ3) is 4.90. The van der Waals surface area contributed by atoms with Crippen molar-refractivity contribution in [1.82, 2.24) is 0 Å². The molecule has 6 nitrogen and oxygen atoms in total. The number of ether oxygens (including phenoxy) is 3. The molecule has 0 saturated carbocycles. The standard InChI is InChI=1S/C27H24O6/c1-27(2,3)18-7-5-17(6-8-18)26(29)33-21-13-14-22-23(15-21)31-16-24(25(22)28)32-20-11-9-19(30-4)10-12-20/h5-16H,1-4H3. The Balaban J connectivity index is 1.52. The van der Waals surface area contributed by atoms with Crippen LogP contribution >= 0.6 is 0 Å². The van der Waals surface area contributed by atoms with Gasteiger partial charge in [-0.15, -0.1) is 0 Å². The number of carbonyl (C=O) groups is 1. The number of hydrogen-bond acceptors (Lipinski definition) is 6. The van der Waals surface area contributed by atoms with Crippen molar-refractivity contribution >= 4 is 16.9 Å². The van der Waals surface area contributed by atoms with Crippen molar-refractivity contribution < 1.29 is 23.4 Å². The fraction of sp³-hybridized carbons (Fsp3) is 0.185. The van der Waals surface area contributed by atoms with Gasteiger partial charge in [-0.05, 0) is 59.5 Å². The van der Waals surface area contributed by atoms with Crippen LogP contribution in [0.15, 0.2) is 82.2 Å². The molecule has 0 N–H and O–H groups in total. The first-order valence-corrected chi connectivity index (χ1v) is 10.4. The monoisotopic (exact) mass is 444 g/mol. The van der Waals surface area contributed by atoms with Gasteiger partial charge in [-0.2, -0.15) is 0 Å². The molecule has 4 rings (SSSR count). The fourth-order valence-corrected chi connectivity index (χ4v) is 3.27. The maximum absolute atomic E-state index is 12.8. The van der Waals surface area contributed by atoms with E-state index in [9.17, 15) is 9.59 Å². The molecule has 0 bridgehead atoms. The molecule has 1 aromatic heterocycles. The summed E-state index contributed by atoms with van der Waals surface area (Å²) in [6, 6.07) is 18.8. The Morgan fingerprint density at radius 2 is 1.48 bits per heavy atom. The van der Waals surface area contributed by atoms with Crippen molar-refractivity contribution in [1.29, 1.82) is 0 Å². The largest absolute Gasteiger partial charge is 0.497 e. The first kappa shape index (κ1) is 22.1. The number of methoxy groups -OCH3 is 1. The molecule has 168 valence electrons. The SMILES string of the molecule is COc1ccc(Oc2coc3cc(OC(=O)c4ccc(C(C)(C)C)cc4)ccc3c2=O)cc1. The summed E-state index contributed by atoms with van der Waals surface area (Å²) in [5.74, 6) is 0.998. The normalized spacial score (nSPS) is 11.3. The van der Waals surface area contributed by atoms with E-state index in [-0.39, 0.29) is 27.9 Å². The number of benzene rings is 3. The molecule has 0 atom stereocenters. The first-order chi connectivity index (χ1) is 15.7. The minimum Gasteiger partial charge on any atom is -0.497 e. The highest BCUT2D eigenvalue weighted by molar-refractivity contribution is 5.91. The predicted octanol–water partition coefficient (Wildman–Crippen LogP) is 6.11. The number of carbonyl (C=O) groups excluding carboxylic acids is 1. The Kier molecular flexibility index (Phi) is 5.92. The van der Waals surface area contributed by atoms with Crippen LogP contribution in [0.4, 0.5) is 0 Å². The highest BCUT2D eigenvalue weighted by atomic mass is 16.5. The smallest absolute Gasteiger partial charge is 0.343 e. The van der Waals surface area contributed by atoms with E-state index in [0.29, 0.717) is 22.4 Å². The second-order valence-electron chi connectivity index (χ2n) is 8.58. The minimum atomic E-state index is -0.489. The lowest BCUT2D eigenvalue weighted by Crippen LogP contribution is -2.13. The molecule has 3 aromatic carbocycles. The van der Waals surface area contributed by atoms with E-state index in [1.54, 1.807) is 55.6 Å². The van der Waals surface area contributed by atoms with Crippen molar-refractivity contribution in [2.24, 2.45) is 0 Å². The quantitative estimate of drug-likeness (QED) is 0.273. The average molecular weight is 444 g/mol. The number of fused-ring (bicyclic) bond motifs is 1. The molecular weight excluding hydrogens is 420 g/mol. The highest BCUT2D eigenvalue weighted by Crippen LogP contribution is 2.26. The molecule has 6 heteroatoms. The Hall–Kier alpha value is -4.06. The molecule has 1 heterocycles. The van der Waals surface area contributed by atoms with Gasteiger partial charge >= 0.3 is 5.97 Å². The van der Waals surface area contributed by atoms with E-state index in [1.165, 1.54) is 12.3 Å². The van der Waals surface area contributed by atoms with Gasteiger partial charge in [0, 0.05) is 6.07 Å². The van der Waals surface area contributed by atoms with Crippen LogP contribution in [-0.2, 0) is 5.41 Å². The average Bonchev–Trinajstić information content (AvgIpc) is 2.81. The second-order valence-corrected chi connectivity index (χ2v) is 8.58. The van der Waals surface area contributed by atoms with Crippen LogP contribution in [0.1, 0.15) is 36.7 Å². The zero-order chi connectivity index (χ0) is 23.6. The highest BCUT2D eigenvalue weighted by Gasteiger charge is 2.16. The third-order valence-corrected chi connectivity index (χ3v) is 5.20. The lowest BCUT2D eigenvalue weighted by Gasteiger charge is -2.18. The lowest BCUT2D eigenvalue weighted by atomic mass is 9.87. The molecule has 0 fully saturated rings. The summed E-state index contributed by atoms with van der Waals surface area (Å²) in [5, 5.41) is 0.315. The van der Waals surface area contributed by atoms with Gasteiger partial charge in [0.2, 0.25) is 11.2 Å².